The number of thioether (sulfide) groups is 1. The summed E-state index contributed by atoms with van der Waals surface area (Å²) in [5.74, 6) is 3.23. The van der Waals surface area contributed by atoms with Gasteiger partial charge >= 0.3 is 0 Å². The fourth-order valence-electron chi connectivity index (χ4n) is 1.86. The Morgan fingerprint density at radius 1 is 1.39 bits per heavy atom. The molecule has 2 heterocycles. The van der Waals surface area contributed by atoms with Crippen LogP contribution in [0.2, 0.25) is 0 Å². The molecule has 2 aromatic heterocycles. The molecule has 0 aliphatic rings. The van der Waals surface area contributed by atoms with E-state index in [1.807, 2.05) is 11.8 Å². The molecule has 98 valence electrons. The monoisotopic (exact) mass is 281 g/mol. The van der Waals surface area contributed by atoms with Crippen LogP contribution in [0.3, 0.4) is 0 Å². The Balaban J connectivity index is 2.27. The molecule has 0 aromatic carbocycles. The summed E-state index contributed by atoms with van der Waals surface area (Å²) >= 11 is 3.69. The van der Waals surface area contributed by atoms with Gasteiger partial charge in [-0.1, -0.05) is 6.92 Å². The fourth-order valence-corrected chi connectivity index (χ4v) is 3.53. The molecule has 5 heteroatoms. The maximum absolute atomic E-state index is 4.40. The van der Waals surface area contributed by atoms with Gasteiger partial charge in [-0.2, -0.15) is 11.8 Å². The molecule has 2 rings (SSSR count). The van der Waals surface area contributed by atoms with Gasteiger partial charge in [-0.05, 0) is 32.1 Å². The molecule has 1 N–H and O–H groups in total. The van der Waals surface area contributed by atoms with Gasteiger partial charge in [0.2, 0.25) is 0 Å². The molecule has 1 unspecified atom stereocenters. The quantitative estimate of drug-likeness (QED) is 0.903. The SMILES string of the molecule is CCSCC(C)Nc1ncnc2sc(C)c(C)c12. The van der Waals surface area contributed by atoms with Gasteiger partial charge in [0.15, 0.2) is 0 Å². The van der Waals surface area contributed by atoms with E-state index in [-0.39, 0.29) is 0 Å². The van der Waals surface area contributed by atoms with Crippen LogP contribution in [-0.4, -0.2) is 27.5 Å². The third-order valence-electron chi connectivity index (χ3n) is 2.92. The number of aromatic nitrogens is 2. The van der Waals surface area contributed by atoms with E-state index in [2.05, 4.69) is 43.0 Å². The van der Waals surface area contributed by atoms with Crippen molar-refractivity contribution in [3.05, 3.63) is 16.8 Å². The highest BCUT2D eigenvalue weighted by Gasteiger charge is 2.13. The Bertz CT molecular complexity index is 536. The van der Waals surface area contributed by atoms with Gasteiger partial charge in [0, 0.05) is 16.7 Å². The Labute approximate surface area is 116 Å². The van der Waals surface area contributed by atoms with Crippen LogP contribution in [0.1, 0.15) is 24.3 Å². The summed E-state index contributed by atoms with van der Waals surface area (Å²) in [4.78, 5) is 11.2. The number of thiophene rings is 1. The average Bonchev–Trinajstić information content (AvgIpc) is 2.64. The van der Waals surface area contributed by atoms with E-state index in [0.717, 1.165) is 22.2 Å². The first-order valence-electron chi connectivity index (χ1n) is 6.18. The normalized spacial score (nSPS) is 12.9. The van der Waals surface area contributed by atoms with Crippen molar-refractivity contribution in [1.29, 1.82) is 0 Å². The largest absolute Gasteiger partial charge is 0.366 e. The maximum Gasteiger partial charge on any atom is 0.138 e. The molecule has 0 saturated heterocycles. The average molecular weight is 281 g/mol. The van der Waals surface area contributed by atoms with Crippen molar-refractivity contribution < 1.29 is 0 Å². The van der Waals surface area contributed by atoms with E-state index in [9.17, 15) is 0 Å². The van der Waals surface area contributed by atoms with Gasteiger partial charge in [0.05, 0.1) is 5.39 Å². The molecule has 3 nitrogen and oxygen atoms in total. The van der Waals surface area contributed by atoms with Crippen molar-refractivity contribution in [3.63, 3.8) is 0 Å². The molecule has 0 aliphatic carbocycles. The lowest BCUT2D eigenvalue weighted by Crippen LogP contribution is -2.19. The highest BCUT2D eigenvalue weighted by atomic mass is 32.2. The van der Waals surface area contributed by atoms with E-state index in [0.29, 0.717) is 6.04 Å². The number of aryl methyl sites for hydroxylation is 2. The molecule has 0 aliphatic heterocycles. The van der Waals surface area contributed by atoms with Crippen LogP contribution < -0.4 is 5.32 Å². The van der Waals surface area contributed by atoms with E-state index in [1.165, 1.54) is 15.8 Å². The highest BCUT2D eigenvalue weighted by molar-refractivity contribution is 7.99. The van der Waals surface area contributed by atoms with Crippen molar-refractivity contribution in [2.24, 2.45) is 0 Å². The molecule has 1 atom stereocenters. The van der Waals surface area contributed by atoms with Crippen molar-refractivity contribution >= 4 is 39.1 Å². The lowest BCUT2D eigenvalue weighted by molar-refractivity contribution is 0.903. The number of rotatable bonds is 5. The molecular weight excluding hydrogens is 262 g/mol. The summed E-state index contributed by atoms with van der Waals surface area (Å²) in [6, 6.07) is 0.424. The Kier molecular flexibility index (Phi) is 4.45. The van der Waals surface area contributed by atoms with Gasteiger partial charge in [-0.25, -0.2) is 9.97 Å². The molecule has 0 spiro atoms. The number of hydrogen-bond acceptors (Lipinski definition) is 5. The van der Waals surface area contributed by atoms with Gasteiger partial charge in [-0.3, -0.25) is 0 Å². The van der Waals surface area contributed by atoms with E-state index < -0.39 is 0 Å². The predicted octanol–water partition coefficient (Wildman–Crippen LogP) is 3.86. The lowest BCUT2D eigenvalue weighted by Gasteiger charge is -2.14. The zero-order valence-corrected chi connectivity index (χ0v) is 12.9. The second kappa shape index (κ2) is 5.89. The topological polar surface area (TPSA) is 37.8 Å². The standard InChI is InChI=1S/C13H19N3S2/c1-5-17-6-8(2)16-12-11-9(3)10(4)18-13(11)15-7-14-12/h7-8H,5-6H2,1-4H3,(H,14,15,16). The minimum atomic E-state index is 0.424. The third kappa shape index (κ3) is 2.78. The van der Waals surface area contributed by atoms with Crippen molar-refractivity contribution in [2.75, 3.05) is 16.8 Å². The Hall–Kier alpha value is -0.810. The summed E-state index contributed by atoms with van der Waals surface area (Å²) in [6.07, 6.45) is 1.65. The summed E-state index contributed by atoms with van der Waals surface area (Å²) in [6.45, 7) is 8.67. The minimum Gasteiger partial charge on any atom is -0.366 e. The first-order chi connectivity index (χ1) is 8.63. The zero-order valence-electron chi connectivity index (χ0n) is 11.3. The summed E-state index contributed by atoms with van der Waals surface area (Å²) in [5.41, 5.74) is 1.30. The molecule has 0 amide bonds. The first kappa shape index (κ1) is 13.6. The molecule has 0 bridgehead atoms. The number of fused-ring (bicyclic) bond motifs is 1. The first-order valence-corrected chi connectivity index (χ1v) is 8.15. The fraction of sp³-hybridized carbons (Fsp3) is 0.538. The second-order valence-electron chi connectivity index (χ2n) is 4.39. The van der Waals surface area contributed by atoms with E-state index in [1.54, 1.807) is 17.7 Å². The van der Waals surface area contributed by atoms with Crippen LogP contribution in [0.15, 0.2) is 6.33 Å². The minimum absolute atomic E-state index is 0.424. The molecule has 18 heavy (non-hydrogen) atoms. The Morgan fingerprint density at radius 3 is 2.89 bits per heavy atom. The maximum atomic E-state index is 4.40. The van der Waals surface area contributed by atoms with E-state index >= 15 is 0 Å². The van der Waals surface area contributed by atoms with Crippen LogP contribution in [0.4, 0.5) is 5.82 Å². The van der Waals surface area contributed by atoms with Crippen molar-refractivity contribution in [3.8, 4) is 0 Å². The van der Waals surface area contributed by atoms with Crippen molar-refractivity contribution in [2.45, 2.75) is 33.7 Å². The van der Waals surface area contributed by atoms with Gasteiger partial charge in [-0.15, -0.1) is 11.3 Å². The highest BCUT2D eigenvalue weighted by Crippen LogP contribution is 2.32. The van der Waals surface area contributed by atoms with Gasteiger partial charge in [0.25, 0.3) is 0 Å². The van der Waals surface area contributed by atoms with Crippen molar-refractivity contribution in [1.82, 2.24) is 9.97 Å². The molecular formula is C13H19N3S2. The molecule has 0 radical (unpaired) electrons. The second-order valence-corrected chi connectivity index (χ2v) is 6.91. The summed E-state index contributed by atoms with van der Waals surface area (Å²) < 4.78 is 0. The summed E-state index contributed by atoms with van der Waals surface area (Å²) in [7, 11) is 0. The zero-order chi connectivity index (χ0) is 13.1. The lowest BCUT2D eigenvalue weighted by atomic mass is 10.2. The number of hydrogen-bond donors (Lipinski definition) is 1. The molecule has 2 aromatic rings. The Morgan fingerprint density at radius 2 is 2.17 bits per heavy atom. The third-order valence-corrected chi connectivity index (χ3v) is 5.18. The van der Waals surface area contributed by atoms with Crippen LogP contribution in [-0.2, 0) is 0 Å². The van der Waals surface area contributed by atoms with Crippen LogP contribution in [0, 0.1) is 13.8 Å². The van der Waals surface area contributed by atoms with Crippen LogP contribution >= 0.6 is 23.1 Å². The van der Waals surface area contributed by atoms with Gasteiger partial charge in [0.1, 0.15) is 17.0 Å². The van der Waals surface area contributed by atoms with Crippen LogP contribution in [0.5, 0.6) is 0 Å². The van der Waals surface area contributed by atoms with Gasteiger partial charge < -0.3 is 5.32 Å². The number of anilines is 1. The number of nitrogens with zero attached hydrogens (tertiary/aromatic N) is 2. The summed E-state index contributed by atoms with van der Waals surface area (Å²) in [5, 5.41) is 4.70. The molecule has 0 saturated carbocycles. The van der Waals surface area contributed by atoms with Crippen LogP contribution in [0.25, 0.3) is 10.2 Å². The smallest absolute Gasteiger partial charge is 0.138 e. The predicted molar refractivity (Wildman–Crippen MR) is 83.0 cm³/mol. The molecule has 0 fully saturated rings. The van der Waals surface area contributed by atoms with E-state index in [4.69, 9.17) is 0 Å². The number of nitrogens with one attached hydrogen (secondary N) is 1.